The van der Waals surface area contributed by atoms with Crippen LogP contribution in [0.25, 0.3) is 6.08 Å². The Morgan fingerprint density at radius 2 is 1.54 bits per heavy atom. The van der Waals surface area contributed by atoms with E-state index in [9.17, 15) is 9.59 Å². The third-order valence-corrected chi connectivity index (χ3v) is 3.69. The molecule has 1 aromatic carbocycles. The first-order valence-corrected chi connectivity index (χ1v) is 8.06. The summed E-state index contributed by atoms with van der Waals surface area (Å²) in [7, 11) is 0. The lowest BCUT2D eigenvalue weighted by Crippen LogP contribution is -2.41. The second-order valence-corrected chi connectivity index (χ2v) is 5.88. The molecule has 1 fully saturated rings. The molecule has 0 saturated carbocycles. The van der Waals surface area contributed by atoms with Gasteiger partial charge in [0.1, 0.15) is 5.57 Å². The van der Waals surface area contributed by atoms with Crippen LogP contribution in [0.3, 0.4) is 0 Å². The van der Waals surface area contributed by atoms with Gasteiger partial charge in [0.2, 0.25) is 0 Å². The van der Waals surface area contributed by atoms with Crippen molar-refractivity contribution in [2.24, 2.45) is 0 Å². The van der Waals surface area contributed by atoms with Gasteiger partial charge in [0.05, 0.1) is 0 Å². The average Bonchev–Trinajstić information content (AvgIpc) is 2.51. The van der Waals surface area contributed by atoms with Crippen LogP contribution in [0.15, 0.2) is 42.0 Å². The third kappa shape index (κ3) is 4.25. The summed E-state index contributed by atoms with van der Waals surface area (Å²) in [5.74, 6) is -2.55. The number of rotatable bonds is 5. The molecule has 1 saturated heterocycles. The van der Waals surface area contributed by atoms with Crippen LogP contribution in [0, 0.1) is 0 Å². The summed E-state index contributed by atoms with van der Waals surface area (Å²) >= 11 is 0. The number of carbonyl (C=O) groups is 2. The molecule has 0 aliphatic carbocycles. The Morgan fingerprint density at radius 3 is 2.04 bits per heavy atom. The van der Waals surface area contributed by atoms with Crippen molar-refractivity contribution < 1.29 is 19.1 Å². The lowest BCUT2D eigenvalue weighted by molar-refractivity contribution is -0.222. The van der Waals surface area contributed by atoms with Crippen LogP contribution in [0.2, 0.25) is 0 Å². The van der Waals surface area contributed by atoms with Crippen molar-refractivity contribution in [3.05, 3.63) is 47.6 Å². The Labute approximate surface area is 142 Å². The minimum Gasteiger partial charge on any atom is -0.419 e. The molecule has 0 atom stereocenters. The number of carbonyl (C=O) groups excluding carboxylic acids is 2. The topological polar surface area (TPSA) is 55.8 Å². The Bertz CT molecular complexity index is 645. The van der Waals surface area contributed by atoms with Crippen molar-refractivity contribution in [1.29, 1.82) is 0 Å². The van der Waals surface area contributed by atoms with Crippen LogP contribution in [0.5, 0.6) is 0 Å². The third-order valence-electron chi connectivity index (χ3n) is 3.69. The first kappa shape index (κ1) is 17.8. The molecular formula is C19H23NO4. The largest absolute Gasteiger partial charge is 0.419 e. The average molecular weight is 329 g/mol. The molecule has 128 valence electrons. The fraction of sp³-hybridized carbons (Fsp3) is 0.368. The zero-order valence-electron chi connectivity index (χ0n) is 14.5. The predicted molar refractivity (Wildman–Crippen MR) is 93.4 cm³/mol. The van der Waals surface area contributed by atoms with Gasteiger partial charge in [-0.05, 0) is 37.6 Å². The number of allylic oxidation sites excluding steroid dienone is 2. The van der Waals surface area contributed by atoms with Crippen molar-refractivity contribution in [1.82, 2.24) is 0 Å². The van der Waals surface area contributed by atoms with E-state index in [2.05, 4.69) is 18.7 Å². The monoisotopic (exact) mass is 329 g/mol. The van der Waals surface area contributed by atoms with Crippen LogP contribution in [0.1, 0.15) is 33.3 Å². The molecule has 2 rings (SSSR count). The highest BCUT2D eigenvalue weighted by molar-refractivity contribution is 6.15. The van der Waals surface area contributed by atoms with Gasteiger partial charge < -0.3 is 14.4 Å². The summed E-state index contributed by atoms with van der Waals surface area (Å²) in [4.78, 5) is 25.9. The number of esters is 2. The molecule has 1 aromatic rings. The molecule has 1 aliphatic heterocycles. The van der Waals surface area contributed by atoms with Gasteiger partial charge in [-0.1, -0.05) is 24.3 Å². The molecule has 0 N–H and O–H groups in total. The van der Waals surface area contributed by atoms with E-state index in [1.54, 1.807) is 6.08 Å². The van der Waals surface area contributed by atoms with Gasteiger partial charge >= 0.3 is 11.9 Å². The number of nitrogens with zero attached hydrogens (tertiary/aromatic N) is 1. The number of ether oxygens (including phenoxy) is 2. The second-order valence-electron chi connectivity index (χ2n) is 5.88. The maximum Gasteiger partial charge on any atom is 0.348 e. The van der Waals surface area contributed by atoms with Crippen molar-refractivity contribution in [3.63, 3.8) is 0 Å². The SMILES string of the molecule is CCN(CC)c1ccc(/C=C/C=C2C(=O)OC(C)(C)OC2=O)cc1. The Balaban J connectivity index is 2.08. The molecule has 0 amide bonds. The molecule has 5 nitrogen and oxygen atoms in total. The predicted octanol–water partition coefficient (Wildman–Crippen LogP) is 3.31. The number of hydrogen-bond acceptors (Lipinski definition) is 5. The molecule has 0 unspecified atom stereocenters. The standard InChI is InChI=1S/C19H23NO4/c1-5-20(6-2)15-12-10-14(11-13-15)8-7-9-16-17(21)23-19(3,4)24-18(16)22/h7-13H,5-6H2,1-4H3/b8-7+. The molecule has 0 spiro atoms. The van der Waals surface area contributed by atoms with Gasteiger partial charge in [-0.3, -0.25) is 0 Å². The summed E-state index contributed by atoms with van der Waals surface area (Å²) in [6.45, 7) is 9.19. The van der Waals surface area contributed by atoms with E-state index in [1.165, 1.54) is 19.9 Å². The highest BCUT2D eigenvalue weighted by atomic mass is 16.7. The van der Waals surface area contributed by atoms with E-state index >= 15 is 0 Å². The van der Waals surface area contributed by atoms with Crippen molar-refractivity contribution in [3.8, 4) is 0 Å². The van der Waals surface area contributed by atoms with E-state index in [4.69, 9.17) is 9.47 Å². The number of cyclic esters (lactones) is 2. The van der Waals surface area contributed by atoms with Gasteiger partial charge in [-0.25, -0.2) is 9.59 Å². The van der Waals surface area contributed by atoms with Gasteiger partial charge in [0.15, 0.2) is 0 Å². The van der Waals surface area contributed by atoms with Gasteiger partial charge in [0, 0.05) is 32.6 Å². The van der Waals surface area contributed by atoms with Crippen LogP contribution in [-0.2, 0) is 19.1 Å². The molecule has 1 heterocycles. The second kappa shape index (κ2) is 7.34. The quantitative estimate of drug-likeness (QED) is 0.471. The van der Waals surface area contributed by atoms with E-state index < -0.39 is 17.7 Å². The molecule has 5 heteroatoms. The lowest BCUT2D eigenvalue weighted by Gasteiger charge is -2.29. The fourth-order valence-electron chi connectivity index (χ4n) is 2.44. The minimum atomic E-state index is -1.21. The van der Waals surface area contributed by atoms with Crippen LogP contribution in [-0.4, -0.2) is 30.8 Å². The summed E-state index contributed by atoms with van der Waals surface area (Å²) < 4.78 is 10.1. The van der Waals surface area contributed by atoms with E-state index in [0.717, 1.165) is 24.3 Å². The van der Waals surface area contributed by atoms with Crippen molar-refractivity contribution in [2.45, 2.75) is 33.5 Å². The van der Waals surface area contributed by atoms with Gasteiger partial charge in [-0.2, -0.15) is 0 Å². The number of anilines is 1. The fourth-order valence-corrected chi connectivity index (χ4v) is 2.44. The minimum absolute atomic E-state index is 0.106. The smallest absolute Gasteiger partial charge is 0.348 e. The summed E-state index contributed by atoms with van der Waals surface area (Å²) in [6.07, 6.45) is 4.88. The van der Waals surface area contributed by atoms with Gasteiger partial charge in [0.25, 0.3) is 5.79 Å². The summed E-state index contributed by atoms with van der Waals surface area (Å²) in [6, 6.07) is 8.07. The Kier molecular flexibility index (Phi) is 5.44. The zero-order valence-corrected chi connectivity index (χ0v) is 14.5. The molecule has 1 aliphatic rings. The van der Waals surface area contributed by atoms with Crippen molar-refractivity contribution >= 4 is 23.7 Å². The number of hydrogen-bond donors (Lipinski definition) is 0. The molecular weight excluding hydrogens is 306 g/mol. The zero-order chi connectivity index (χ0) is 17.7. The highest BCUT2D eigenvalue weighted by Gasteiger charge is 2.38. The summed E-state index contributed by atoms with van der Waals surface area (Å²) in [5, 5.41) is 0. The molecule has 0 radical (unpaired) electrons. The van der Waals surface area contributed by atoms with Gasteiger partial charge in [-0.15, -0.1) is 0 Å². The first-order valence-electron chi connectivity index (χ1n) is 8.06. The normalized spacial score (nSPS) is 16.8. The van der Waals surface area contributed by atoms with E-state index in [0.29, 0.717) is 0 Å². The Morgan fingerprint density at radius 1 is 1.00 bits per heavy atom. The number of benzene rings is 1. The molecule has 0 bridgehead atoms. The van der Waals surface area contributed by atoms with Crippen molar-refractivity contribution in [2.75, 3.05) is 18.0 Å². The molecule has 0 aromatic heterocycles. The highest BCUT2D eigenvalue weighted by Crippen LogP contribution is 2.22. The summed E-state index contributed by atoms with van der Waals surface area (Å²) in [5.41, 5.74) is 2.03. The van der Waals surface area contributed by atoms with E-state index in [-0.39, 0.29) is 5.57 Å². The maximum absolute atomic E-state index is 11.8. The van der Waals surface area contributed by atoms with Crippen LogP contribution >= 0.6 is 0 Å². The lowest BCUT2D eigenvalue weighted by atomic mass is 10.1. The van der Waals surface area contributed by atoms with E-state index in [1.807, 2.05) is 30.3 Å². The first-order chi connectivity index (χ1) is 11.4. The molecule has 24 heavy (non-hydrogen) atoms. The maximum atomic E-state index is 11.8. The van der Waals surface area contributed by atoms with Crippen LogP contribution in [0.4, 0.5) is 5.69 Å². The Hall–Kier alpha value is -2.56. The van der Waals surface area contributed by atoms with Crippen LogP contribution < -0.4 is 4.90 Å².